The summed E-state index contributed by atoms with van der Waals surface area (Å²) >= 11 is 0. The van der Waals surface area contributed by atoms with E-state index in [9.17, 15) is 13.2 Å². The van der Waals surface area contributed by atoms with Gasteiger partial charge < -0.3 is 0 Å². The van der Waals surface area contributed by atoms with Crippen LogP contribution in [0.5, 0.6) is 0 Å². The fourth-order valence-electron chi connectivity index (χ4n) is 4.25. The fourth-order valence-corrected chi connectivity index (χ4v) is 5.66. The molecular formula is C22H28N4O3S. The Morgan fingerprint density at radius 1 is 1.07 bits per heavy atom. The first kappa shape index (κ1) is 21.0. The first-order valence-electron chi connectivity index (χ1n) is 10.5. The van der Waals surface area contributed by atoms with Crippen LogP contribution in [0.1, 0.15) is 31.2 Å². The maximum atomic E-state index is 13.0. The first-order chi connectivity index (χ1) is 14.4. The Hall–Kier alpha value is -2.29. The van der Waals surface area contributed by atoms with Crippen molar-refractivity contribution in [3.05, 3.63) is 54.2 Å². The van der Waals surface area contributed by atoms with Gasteiger partial charge in [-0.05, 0) is 44.0 Å². The summed E-state index contributed by atoms with van der Waals surface area (Å²) in [6.07, 6.45) is 4.32. The van der Waals surface area contributed by atoms with E-state index < -0.39 is 10.0 Å². The Morgan fingerprint density at radius 3 is 2.40 bits per heavy atom. The minimum Gasteiger partial charge on any atom is -0.299 e. The Balaban J connectivity index is 1.37. The van der Waals surface area contributed by atoms with Crippen molar-refractivity contribution in [3.63, 3.8) is 0 Å². The van der Waals surface area contributed by atoms with Gasteiger partial charge >= 0.3 is 0 Å². The van der Waals surface area contributed by atoms with Gasteiger partial charge in [0.1, 0.15) is 10.7 Å². The van der Waals surface area contributed by atoms with Gasteiger partial charge in [0.25, 0.3) is 0 Å². The van der Waals surface area contributed by atoms with Crippen LogP contribution < -0.4 is 4.90 Å². The molecule has 3 heterocycles. The average Bonchev–Trinajstić information content (AvgIpc) is 3.20. The Bertz CT molecular complexity index is 971. The highest BCUT2D eigenvalue weighted by Crippen LogP contribution is 2.25. The number of aromatic nitrogens is 1. The predicted octanol–water partition coefficient (Wildman–Crippen LogP) is 2.49. The number of hydrogen-bond acceptors (Lipinski definition) is 5. The molecule has 4 rings (SSSR count). The fraction of sp³-hybridized carbons (Fsp3) is 0.455. The lowest BCUT2D eigenvalue weighted by atomic mass is 10.0. The number of carbonyl (C=O) groups is 1. The zero-order chi connectivity index (χ0) is 21.1. The quantitative estimate of drug-likeness (QED) is 0.707. The Morgan fingerprint density at radius 2 is 1.80 bits per heavy atom. The van der Waals surface area contributed by atoms with E-state index in [1.165, 1.54) is 11.8 Å². The topological polar surface area (TPSA) is 73.8 Å². The minimum atomic E-state index is -3.57. The van der Waals surface area contributed by atoms with Crippen LogP contribution in [0, 0.1) is 0 Å². The van der Waals surface area contributed by atoms with Gasteiger partial charge in [0, 0.05) is 44.8 Å². The monoisotopic (exact) mass is 428 g/mol. The number of hydrogen-bond donors (Lipinski definition) is 0. The van der Waals surface area contributed by atoms with E-state index in [1.807, 2.05) is 18.2 Å². The molecule has 7 nitrogen and oxygen atoms in total. The Labute approximate surface area is 178 Å². The summed E-state index contributed by atoms with van der Waals surface area (Å²) in [4.78, 5) is 20.2. The SMILES string of the molecule is CN(Cc1ccccc1)C1CCN(S(=O)(=O)c2ccc(N3CCCC3=O)nc2)CC1. The highest BCUT2D eigenvalue weighted by molar-refractivity contribution is 7.89. The van der Waals surface area contributed by atoms with E-state index in [0.717, 1.165) is 25.8 Å². The second kappa shape index (κ2) is 8.83. The molecule has 2 aliphatic heterocycles. The molecule has 2 aliphatic rings. The number of pyridine rings is 1. The summed E-state index contributed by atoms with van der Waals surface area (Å²) in [7, 11) is -1.47. The third-order valence-corrected chi connectivity index (χ3v) is 7.91. The lowest BCUT2D eigenvalue weighted by Gasteiger charge is -2.36. The van der Waals surface area contributed by atoms with Gasteiger partial charge in [-0.2, -0.15) is 4.31 Å². The molecular weight excluding hydrogens is 400 g/mol. The molecule has 1 amide bonds. The maximum absolute atomic E-state index is 13.0. The summed E-state index contributed by atoms with van der Waals surface area (Å²) in [6.45, 7) is 2.50. The van der Waals surface area contributed by atoms with Gasteiger partial charge in [0.2, 0.25) is 15.9 Å². The molecule has 1 aromatic heterocycles. The predicted molar refractivity (Wildman–Crippen MR) is 116 cm³/mol. The normalized spacial score (nSPS) is 19.0. The van der Waals surface area contributed by atoms with Gasteiger partial charge in [0.05, 0.1) is 0 Å². The lowest BCUT2D eigenvalue weighted by molar-refractivity contribution is -0.117. The summed E-state index contributed by atoms with van der Waals surface area (Å²) < 4.78 is 27.6. The number of nitrogens with zero attached hydrogens (tertiary/aromatic N) is 4. The average molecular weight is 429 g/mol. The summed E-state index contributed by atoms with van der Waals surface area (Å²) in [5.41, 5.74) is 1.26. The summed E-state index contributed by atoms with van der Waals surface area (Å²) in [6, 6.07) is 13.9. The highest BCUT2D eigenvalue weighted by atomic mass is 32.2. The molecule has 2 saturated heterocycles. The van der Waals surface area contributed by atoms with Crippen molar-refractivity contribution in [1.82, 2.24) is 14.2 Å². The smallest absolute Gasteiger partial charge is 0.244 e. The molecule has 8 heteroatoms. The van der Waals surface area contributed by atoms with Crippen LogP contribution in [0.3, 0.4) is 0 Å². The number of piperidine rings is 1. The lowest BCUT2D eigenvalue weighted by Crippen LogP contribution is -2.45. The molecule has 2 aromatic rings. The zero-order valence-corrected chi connectivity index (χ0v) is 18.1. The first-order valence-corrected chi connectivity index (χ1v) is 11.9. The molecule has 0 atom stereocenters. The van der Waals surface area contributed by atoms with Crippen LogP contribution in [-0.2, 0) is 21.4 Å². The highest BCUT2D eigenvalue weighted by Gasteiger charge is 2.31. The van der Waals surface area contributed by atoms with Crippen LogP contribution in [0.15, 0.2) is 53.6 Å². The van der Waals surface area contributed by atoms with Crippen molar-refractivity contribution in [1.29, 1.82) is 0 Å². The second-order valence-corrected chi connectivity index (χ2v) is 9.97. The Kier molecular flexibility index (Phi) is 6.17. The van der Waals surface area contributed by atoms with E-state index in [2.05, 4.69) is 29.1 Å². The van der Waals surface area contributed by atoms with Gasteiger partial charge in [0.15, 0.2) is 0 Å². The number of amides is 1. The van der Waals surface area contributed by atoms with Gasteiger partial charge in [-0.25, -0.2) is 13.4 Å². The van der Waals surface area contributed by atoms with E-state index >= 15 is 0 Å². The molecule has 0 aliphatic carbocycles. The molecule has 0 radical (unpaired) electrons. The second-order valence-electron chi connectivity index (χ2n) is 8.04. The van der Waals surface area contributed by atoms with Crippen LogP contribution in [0.4, 0.5) is 5.82 Å². The minimum absolute atomic E-state index is 0.0415. The van der Waals surface area contributed by atoms with Crippen LogP contribution in [-0.4, -0.2) is 61.2 Å². The van der Waals surface area contributed by atoms with E-state index in [4.69, 9.17) is 0 Å². The third-order valence-electron chi connectivity index (χ3n) is 6.03. The number of carbonyl (C=O) groups excluding carboxylic acids is 1. The molecule has 0 unspecified atom stereocenters. The number of sulfonamides is 1. The molecule has 0 spiro atoms. The number of rotatable bonds is 6. The molecule has 1 aromatic carbocycles. The maximum Gasteiger partial charge on any atom is 0.244 e. The van der Waals surface area contributed by atoms with Crippen LogP contribution >= 0.6 is 0 Å². The van der Waals surface area contributed by atoms with Gasteiger partial charge in [-0.1, -0.05) is 30.3 Å². The van der Waals surface area contributed by atoms with E-state index in [1.54, 1.807) is 21.3 Å². The van der Waals surface area contributed by atoms with Crippen molar-refractivity contribution in [3.8, 4) is 0 Å². The molecule has 160 valence electrons. The summed E-state index contributed by atoms with van der Waals surface area (Å²) in [5, 5.41) is 0. The molecule has 0 saturated carbocycles. The van der Waals surface area contributed by atoms with Crippen molar-refractivity contribution in [2.45, 2.75) is 43.2 Å². The molecule has 30 heavy (non-hydrogen) atoms. The summed E-state index contributed by atoms with van der Waals surface area (Å²) in [5.74, 6) is 0.567. The van der Waals surface area contributed by atoms with E-state index in [0.29, 0.717) is 37.9 Å². The van der Waals surface area contributed by atoms with Crippen molar-refractivity contribution >= 4 is 21.7 Å². The molecule has 0 bridgehead atoms. The molecule has 2 fully saturated rings. The van der Waals surface area contributed by atoms with E-state index in [-0.39, 0.29) is 10.8 Å². The number of anilines is 1. The number of benzene rings is 1. The van der Waals surface area contributed by atoms with Crippen LogP contribution in [0.25, 0.3) is 0 Å². The van der Waals surface area contributed by atoms with Crippen molar-refractivity contribution < 1.29 is 13.2 Å². The van der Waals surface area contributed by atoms with Crippen molar-refractivity contribution in [2.75, 3.05) is 31.6 Å². The van der Waals surface area contributed by atoms with Gasteiger partial charge in [-0.15, -0.1) is 0 Å². The van der Waals surface area contributed by atoms with Crippen molar-refractivity contribution in [2.24, 2.45) is 0 Å². The standard InChI is InChI=1S/C22H28N4O3S/c1-24(17-18-6-3-2-4-7-18)19-11-14-25(15-12-19)30(28,29)20-9-10-21(23-16-20)26-13-5-8-22(26)27/h2-4,6-7,9-10,16,19H,5,8,11-15,17H2,1H3. The van der Waals surface area contributed by atoms with Gasteiger partial charge in [-0.3, -0.25) is 14.6 Å². The van der Waals surface area contributed by atoms with Crippen LogP contribution in [0.2, 0.25) is 0 Å². The molecule has 0 N–H and O–H groups in total. The third kappa shape index (κ3) is 4.40. The largest absolute Gasteiger partial charge is 0.299 e. The zero-order valence-electron chi connectivity index (χ0n) is 17.3.